The van der Waals surface area contributed by atoms with Gasteiger partial charge in [0.15, 0.2) is 0 Å². The number of carbonyl (C=O) groups is 1. The van der Waals surface area contributed by atoms with Gasteiger partial charge in [0.2, 0.25) is 10.0 Å². The molecule has 1 saturated heterocycles. The highest BCUT2D eigenvalue weighted by Gasteiger charge is 2.28. The van der Waals surface area contributed by atoms with Crippen molar-refractivity contribution in [3.63, 3.8) is 0 Å². The van der Waals surface area contributed by atoms with Crippen LogP contribution in [0.3, 0.4) is 0 Å². The van der Waals surface area contributed by atoms with Crippen LogP contribution in [0.25, 0.3) is 0 Å². The third kappa shape index (κ3) is 6.30. The van der Waals surface area contributed by atoms with Crippen LogP contribution in [0, 0.1) is 12.8 Å². The Morgan fingerprint density at radius 2 is 1.93 bits per heavy atom. The largest absolute Gasteiger partial charge is 0.381 e. The van der Waals surface area contributed by atoms with Gasteiger partial charge in [-0.25, -0.2) is 8.42 Å². The number of nitrogens with one attached hydrogen (secondary N) is 1. The van der Waals surface area contributed by atoms with E-state index >= 15 is 0 Å². The van der Waals surface area contributed by atoms with E-state index in [0.29, 0.717) is 49.9 Å². The van der Waals surface area contributed by atoms with Gasteiger partial charge in [-0.2, -0.15) is 4.31 Å². The molecule has 2 rings (SSSR count). The Balaban J connectivity index is 1.98. The summed E-state index contributed by atoms with van der Waals surface area (Å²) in [5, 5.41) is 2.84. The van der Waals surface area contributed by atoms with Crippen LogP contribution in [-0.2, 0) is 14.8 Å². The van der Waals surface area contributed by atoms with Crippen molar-refractivity contribution in [2.75, 3.05) is 32.8 Å². The second-order valence-corrected chi connectivity index (χ2v) is 9.43. The van der Waals surface area contributed by atoms with E-state index in [1.54, 1.807) is 19.1 Å². The molecule has 1 heterocycles. The van der Waals surface area contributed by atoms with Crippen molar-refractivity contribution in [1.29, 1.82) is 0 Å². The minimum Gasteiger partial charge on any atom is -0.381 e. The fourth-order valence-corrected chi connectivity index (χ4v) is 4.83. The van der Waals surface area contributed by atoms with E-state index in [9.17, 15) is 13.2 Å². The molecular weight excluding hydrogens is 364 g/mol. The molecule has 0 saturated carbocycles. The third-order valence-corrected chi connectivity index (χ3v) is 6.63. The number of aryl methyl sites for hydroxylation is 1. The Hall–Kier alpha value is -1.44. The van der Waals surface area contributed by atoms with Crippen LogP contribution in [0.15, 0.2) is 23.1 Å². The zero-order valence-corrected chi connectivity index (χ0v) is 17.5. The van der Waals surface area contributed by atoms with E-state index in [4.69, 9.17) is 4.74 Å². The number of piperidine rings is 1. The van der Waals surface area contributed by atoms with E-state index in [1.165, 1.54) is 10.4 Å². The zero-order chi connectivity index (χ0) is 19.9. The van der Waals surface area contributed by atoms with E-state index < -0.39 is 10.0 Å². The normalized spacial score (nSPS) is 15.9. The molecule has 1 aromatic rings. The molecule has 1 fully saturated rings. The Labute approximate surface area is 163 Å². The summed E-state index contributed by atoms with van der Waals surface area (Å²) >= 11 is 0. The average molecular weight is 397 g/mol. The molecule has 27 heavy (non-hydrogen) atoms. The summed E-state index contributed by atoms with van der Waals surface area (Å²) in [6, 6.07) is 4.89. The highest BCUT2D eigenvalue weighted by atomic mass is 32.2. The molecule has 0 radical (unpaired) electrons. The van der Waals surface area contributed by atoms with Crippen LogP contribution in [0.2, 0.25) is 0 Å². The van der Waals surface area contributed by atoms with E-state index in [1.807, 2.05) is 0 Å². The van der Waals surface area contributed by atoms with E-state index in [-0.39, 0.29) is 10.8 Å². The summed E-state index contributed by atoms with van der Waals surface area (Å²) < 4.78 is 32.9. The number of carbonyl (C=O) groups excluding carboxylic acids is 1. The molecule has 0 unspecified atom stereocenters. The third-order valence-electron chi connectivity index (χ3n) is 4.59. The van der Waals surface area contributed by atoms with Gasteiger partial charge < -0.3 is 10.1 Å². The maximum absolute atomic E-state index is 12.9. The first-order valence-corrected chi connectivity index (χ1v) is 11.2. The van der Waals surface area contributed by atoms with Crippen molar-refractivity contribution in [2.45, 2.75) is 51.3 Å². The van der Waals surface area contributed by atoms with Crippen molar-refractivity contribution in [3.05, 3.63) is 29.3 Å². The van der Waals surface area contributed by atoms with Crippen LogP contribution in [-0.4, -0.2) is 51.5 Å². The molecular formula is C20H32N2O4S. The topological polar surface area (TPSA) is 75.7 Å². The number of hydrogen-bond acceptors (Lipinski definition) is 4. The van der Waals surface area contributed by atoms with Crippen LogP contribution in [0.4, 0.5) is 0 Å². The van der Waals surface area contributed by atoms with Crippen molar-refractivity contribution in [3.8, 4) is 0 Å². The summed E-state index contributed by atoms with van der Waals surface area (Å²) in [6.07, 6.45) is 3.56. The Kier molecular flexibility index (Phi) is 8.26. The molecule has 1 N–H and O–H groups in total. The van der Waals surface area contributed by atoms with Gasteiger partial charge in [-0.05, 0) is 49.8 Å². The van der Waals surface area contributed by atoms with Crippen LogP contribution in [0.5, 0.6) is 0 Å². The fourth-order valence-electron chi connectivity index (χ4n) is 3.06. The maximum atomic E-state index is 12.9. The summed E-state index contributed by atoms with van der Waals surface area (Å²) in [5.41, 5.74) is 1.04. The van der Waals surface area contributed by atoms with Crippen molar-refractivity contribution in [1.82, 2.24) is 9.62 Å². The lowest BCUT2D eigenvalue weighted by molar-refractivity contribution is 0.0924. The van der Waals surface area contributed by atoms with Gasteiger partial charge in [-0.1, -0.05) is 26.3 Å². The Morgan fingerprint density at radius 1 is 1.22 bits per heavy atom. The van der Waals surface area contributed by atoms with Gasteiger partial charge in [0.25, 0.3) is 5.91 Å². The average Bonchev–Trinajstić information content (AvgIpc) is 2.65. The number of rotatable bonds is 9. The summed E-state index contributed by atoms with van der Waals surface area (Å²) in [6.45, 7) is 8.86. The Morgan fingerprint density at radius 3 is 2.59 bits per heavy atom. The molecule has 1 aromatic carbocycles. The second kappa shape index (κ2) is 10.2. The molecule has 0 aliphatic carbocycles. The SMILES string of the molecule is Cc1ccc(C(=O)NCCCOCC(C)C)cc1S(=O)(=O)N1CCCCC1. The number of sulfonamides is 1. The first-order chi connectivity index (χ1) is 12.8. The zero-order valence-electron chi connectivity index (χ0n) is 16.7. The highest BCUT2D eigenvalue weighted by Crippen LogP contribution is 2.24. The first kappa shape index (κ1) is 21.9. The predicted molar refractivity (Wildman–Crippen MR) is 106 cm³/mol. The molecule has 0 atom stereocenters. The predicted octanol–water partition coefficient (Wildman–Crippen LogP) is 2.96. The van der Waals surface area contributed by atoms with Gasteiger partial charge in [-0.3, -0.25) is 4.79 Å². The minimum absolute atomic E-state index is 0.234. The lowest BCUT2D eigenvalue weighted by Gasteiger charge is -2.26. The first-order valence-electron chi connectivity index (χ1n) is 9.79. The molecule has 1 amide bonds. The molecule has 1 aliphatic heterocycles. The highest BCUT2D eigenvalue weighted by molar-refractivity contribution is 7.89. The van der Waals surface area contributed by atoms with Crippen LogP contribution >= 0.6 is 0 Å². The molecule has 0 spiro atoms. The fraction of sp³-hybridized carbons (Fsp3) is 0.650. The van der Waals surface area contributed by atoms with E-state index in [0.717, 1.165) is 25.7 Å². The van der Waals surface area contributed by atoms with Gasteiger partial charge >= 0.3 is 0 Å². The molecule has 1 aliphatic rings. The quantitative estimate of drug-likeness (QED) is 0.651. The standard InChI is InChI=1S/C20H32N2O4S/c1-16(2)15-26-13-7-10-21-20(23)18-9-8-17(3)19(14-18)27(24,25)22-11-5-4-6-12-22/h8-9,14,16H,4-7,10-13,15H2,1-3H3,(H,21,23). The van der Waals surface area contributed by atoms with Crippen LogP contribution in [0.1, 0.15) is 55.5 Å². The number of nitrogens with zero attached hydrogens (tertiary/aromatic N) is 1. The molecule has 0 bridgehead atoms. The molecule has 0 aromatic heterocycles. The maximum Gasteiger partial charge on any atom is 0.251 e. The van der Waals surface area contributed by atoms with Gasteiger partial charge in [-0.15, -0.1) is 0 Å². The van der Waals surface area contributed by atoms with Crippen molar-refractivity contribution in [2.24, 2.45) is 5.92 Å². The summed E-state index contributed by atoms with van der Waals surface area (Å²) in [5.74, 6) is 0.237. The second-order valence-electron chi connectivity index (χ2n) is 7.52. The lowest BCUT2D eigenvalue weighted by Crippen LogP contribution is -2.36. The number of hydrogen-bond donors (Lipinski definition) is 1. The van der Waals surface area contributed by atoms with Gasteiger partial charge in [0.05, 0.1) is 4.90 Å². The molecule has 7 heteroatoms. The minimum atomic E-state index is -3.56. The van der Waals surface area contributed by atoms with Gasteiger partial charge in [0, 0.05) is 38.4 Å². The van der Waals surface area contributed by atoms with Gasteiger partial charge in [0.1, 0.15) is 0 Å². The summed E-state index contributed by atoms with van der Waals surface area (Å²) in [4.78, 5) is 12.6. The van der Waals surface area contributed by atoms with E-state index in [2.05, 4.69) is 19.2 Å². The summed E-state index contributed by atoms with van der Waals surface area (Å²) in [7, 11) is -3.56. The molecule has 6 nitrogen and oxygen atoms in total. The van der Waals surface area contributed by atoms with Crippen molar-refractivity contribution >= 4 is 15.9 Å². The number of benzene rings is 1. The number of amides is 1. The van der Waals surface area contributed by atoms with Crippen molar-refractivity contribution < 1.29 is 17.9 Å². The Bertz CT molecular complexity index is 725. The lowest BCUT2D eigenvalue weighted by atomic mass is 10.1. The smallest absolute Gasteiger partial charge is 0.251 e. The monoisotopic (exact) mass is 396 g/mol. The molecule has 152 valence electrons. The van der Waals surface area contributed by atoms with Crippen LogP contribution < -0.4 is 5.32 Å². The number of ether oxygens (including phenoxy) is 1.